The van der Waals surface area contributed by atoms with E-state index in [0.717, 1.165) is 37.0 Å². The number of amides is 1. The molecule has 4 saturated carbocycles. The van der Waals surface area contributed by atoms with Crippen LogP contribution in [0.25, 0.3) is 22.2 Å². The van der Waals surface area contributed by atoms with Crippen LogP contribution in [0.3, 0.4) is 0 Å². The molecule has 184 valence electrons. The Labute approximate surface area is 214 Å². The molecule has 36 heavy (non-hydrogen) atoms. The number of hydrogen-bond acceptors (Lipinski definition) is 1. The van der Waals surface area contributed by atoms with Gasteiger partial charge in [0.25, 0.3) is 5.91 Å². The number of nitrogens with zero attached hydrogens (tertiary/aromatic N) is 2. The molecule has 3 aromatic rings. The molecular formula is C33H36N2O. The predicted molar refractivity (Wildman–Crippen MR) is 144 cm³/mol. The highest BCUT2D eigenvalue weighted by Crippen LogP contribution is 2.62. The van der Waals surface area contributed by atoms with Gasteiger partial charge in [0.15, 0.2) is 0 Å². The lowest BCUT2D eigenvalue weighted by atomic mass is 9.52. The molecule has 0 spiro atoms. The lowest BCUT2D eigenvalue weighted by molar-refractivity contribution is -0.148. The van der Waals surface area contributed by atoms with Crippen molar-refractivity contribution in [1.82, 2.24) is 9.47 Å². The second kappa shape index (κ2) is 7.60. The molecule has 1 unspecified atom stereocenters. The summed E-state index contributed by atoms with van der Waals surface area (Å²) in [6, 6.07) is 19.9. The van der Waals surface area contributed by atoms with E-state index in [0.29, 0.717) is 5.91 Å². The first-order valence-electron chi connectivity index (χ1n) is 14.3. The van der Waals surface area contributed by atoms with E-state index in [4.69, 9.17) is 0 Å². The minimum absolute atomic E-state index is 0.0543. The molecule has 0 radical (unpaired) electrons. The molecule has 0 saturated heterocycles. The van der Waals surface area contributed by atoms with Crippen LogP contribution in [-0.4, -0.2) is 20.9 Å². The lowest BCUT2D eigenvalue weighted by Gasteiger charge is -2.61. The van der Waals surface area contributed by atoms with E-state index >= 15 is 0 Å². The Kier molecular flexibility index (Phi) is 4.49. The monoisotopic (exact) mass is 476 g/mol. The van der Waals surface area contributed by atoms with Crippen LogP contribution in [0.4, 0.5) is 0 Å². The van der Waals surface area contributed by atoms with Crippen LogP contribution in [0.5, 0.6) is 0 Å². The van der Waals surface area contributed by atoms with Crippen molar-refractivity contribution in [2.45, 2.75) is 75.8 Å². The van der Waals surface area contributed by atoms with Crippen LogP contribution >= 0.6 is 0 Å². The molecule has 1 aliphatic heterocycles. The largest absolute Gasteiger partial charge is 0.343 e. The summed E-state index contributed by atoms with van der Waals surface area (Å²) < 4.78 is 2.39. The Morgan fingerprint density at radius 2 is 1.44 bits per heavy atom. The zero-order valence-corrected chi connectivity index (χ0v) is 21.4. The Morgan fingerprint density at radius 3 is 2.17 bits per heavy atom. The molecule has 9 rings (SSSR count). The van der Waals surface area contributed by atoms with Crippen LogP contribution < -0.4 is 0 Å². The smallest absolute Gasteiger partial charge is 0.251 e. The van der Waals surface area contributed by atoms with Gasteiger partial charge in [-0.3, -0.25) is 4.79 Å². The number of aryl methyl sites for hydroxylation is 1. The van der Waals surface area contributed by atoms with Crippen molar-refractivity contribution in [3.63, 3.8) is 0 Å². The molecule has 3 nitrogen and oxygen atoms in total. The summed E-state index contributed by atoms with van der Waals surface area (Å²) in [5.74, 6) is 2.86. The number of hydrogen-bond donors (Lipinski definition) is 0. The zero-order valence-electron chi connectivity index (χ0n) is 21.4. The van der Waals surface area contributed by atoms with Gasteiger partial charge in [-0.05, 0) is 99.2 Å². The summed E-state index contributed by atoms with van der Waals surface area (Å²) in [5, 5.41) is 1.32. The van der Waals surface area contributed by atoms with E-state index < -0.39 is 0 Å². The number of aromatic nitrogens is 1. The summed E-state index contributed by atoms with van der Waals surface area (Å²) in [6.07, 6.45) is 12.3. The number of benzene rings is 2. The molecule has 4 bridgehead atoms. The van der Waals surface area contributed by atoms with Gasteiger partial charge in [0.1, 0.15) is 0 Å². The van der Waals surface area contributed by atoms with Crippen molar-refractivity contribution in [1.29, 1.82) is 0 Å². The molecule has 2 aromatic carbocycles. The number of fused-ring (bicyclic) bond motifs is 1. The van der Waals surface area contributed by atoms with E-state index in [1.54, 1.807) is 0 Å². The van der Waals surface area contributed by atoms with E-state index in [9.17, 15) is 4.79 Å². The van der Waals surface area contributed by atoms with Crippen molar-refractivity contribution in [3.8, 4) is 11.3 Å². The summed E-state index contributed by atoms with van der Waals surface area (Å²) in [6.45, 7) is 0. The lowest BCUT2D eigenvalue weighted by Crippen LogP contribution is -2.61. The fourth-order valence-corrected chi connectivity index (χ4v) is 9.69. The molecule has 3 heteroatoms. The van der Waals surface area contributed by atoms with Crippen LogP contribution in [0.15, 0.2) is 65.7 Å². The van der Waals surface area contributed by atoms with E-state index in [1.807, 2.05) is 0 Å². The van der Waals surface area contributed by atoms with Crippen LogP contribution in [0, 0.1) is 17.8 Å². The third-order valence-corrected chi connectivity index (χ3v) is 10.6. The minimum atomic E-state index is 0.0543. The topological polar surface area (TPSA) is 25.2 Å². The third-order valence-electron chi connectivity index (χ3n) is 10.6. The van der Waals surface area contributed by atoms with Crippen molar-refractivity contribution in [2.75, 3.05) is 0 Å². The number of carbonyl (C=O) groups excluding carboxylic acids is 1. The van der Waals surface area contributed by atoms with Gasteiger partial charge in [0.2, 0.25) is 0 Å². The molecule has 2 heterocycles. The zero-order chi connectivity index (χ0) is 24.0. The van der Waals surface area contributed by atoms with Crippen LogP contribution in [-0.2, 0) is 11.8 Å². The highest BCUT2D eigenvalue weighted by molar-refractivity contribution is 6.01. The van der Waals surface area contributed by atoms with E-state index in [2.05, 4.69) is 71.1 Å². The van der Waals surface area contributed by atoms with Gasteiger partial charge in [-0.15, -0.1) is 0 Å². The van der Waals surface area contributed by atoms with Gasteiger partial charge < -0.3 is 9.47 Å². The third kappa shape index (κ3) is 2.83. The molecule has 5 aliphatic carbocycles. The predicted octanol–water partition coefficient (Wildman–Crippen LogP) is 7.57. The highest BCUT2D eigenvalue weighted by atomic mass is 16.2. The first-order chi connectivity index (χ1) is 17.6. The molecule has 6 aliphatic rings. The minimum Gasteiger partial charge on any atom is -0.343 e. The first kappa shape index (κ1) is 21.3. The van der Waals surface area contributed by atoms with Crippen molar-refractivity contribution >= 4 is 16.8 Å². The maximum Gasteiger partial charge on any atom is 0.251 e. The van der Waals surface area contributed by atoms with Gasteiger partial charge in [0.05, 0.1) is 11.7 Å². The molecular weight excluding hydrogens is 440 g/mol. The standard InChI is InChI=1S/C33H36N2O/c1-34-28-14-8-7-13-27(28)29(30(34)24-9-3-2-4-10-24)31-25-11-5-6-12-26(25)32(36)35(31)33-18-21-15-22(19-33)17-23(16-21)20-33/h2-4,7-10,13-14,21-23,31H,5-6,11-12,15-20H2,1H3. The fourth-order valence-electron chi connectivity index (χ4n) is 9.69. The summed E-state index contributed by atoms with van der Waals surface area (Å²) in [4.78, 5) is 17.0. The normalized spacial score (nSPS) is 33.1. The van der Waals surface area contributed by atoms with Crippen molar-refractivity contribution in [2.24, 2.45) is 24.8 Å². The SMILES string of the molecule is Cn1c(-c2ccccc2)c(C2C3=C(CCCC3)C(=O)N2C23CC4CC(CC(C4)C2)C3)c2ccccc21. The van der Waals surface area contributed by atoms with Gasteiger partial charge in [-0.25, -0.2) is 0 Å². The Hall–Kier alpha value is -2.81. The number of rotatable bonds is 3. The van der Waals surface area contributed by atoms with Crippen LogP contribution in [0.1, 0.15) is 75.8 Å². The van der Waals surface area contributed by atoms with Gasteiger partial charge in [-0.2, -0.15) is 0 Å². The summed E-state index contributed by atoms with van der Waals surface area (Å²) in [5.41, 5.74) is 7.89. The molecule has 4 fully saturated rings. The van der Waals surface area contributed by atoms with Gasteiger partial charge >= 0.3 is 0 Å². The molecule has 1 atom stereocenters. The molecule has 1 amide bonds. The molecule has 0 N–H and O–H groups in total. The maximum absolute atomic E-state index is 14.5. The first-order valence-corrected chi connectivity index (χ1v) is 14.3. The van der Waals surface area contributed by atoms with Gasteiger partial charge in [-0.1, -0.05) is 48.5 Å². The van der Waals surface area contributed by atoms with Gasteiger partial charge in [0, 0.05) is 34.6 Å². The van der Waals surface area contributed by atoms with Crippen molar-refractivity contribution in [3.05, 3.63) is 71.3 Å². The van der Waals surface area contributed by atoms with E-state index in [1.165, 1.54) is 83.8 Å². The number of para-hydroxylation sites is 1. The van der Waals surface area contributed by atoms with E-state index in [-0.39, 0.29) is 11.6 Å². The second-order valence-corrected chi connectivity index (χ2v) is 12.6. The van der Waals surface area contributed by atoms with Crippen molar-refractivity contribution < 1.29 is 4.79 Å². The maximum atomic E-state index is 14.5. The molecule has 1 aromatic heterocycles. The summed E-state index contributed by atoms with van der Waals surface area (Å²) >= 11 is 0. The van der Waals surface area contributed by atoms with Crippen LogP contribution in [0.2, 0.25) is 0 Å². The summed E-state index contributed by atoms with van der Waals surface area (Å²) in [7, 11) is 2.22. The quantitative estimate of drug-likeness (QED) is 0.383. The Balaban J connectivity index is 1.39. The number of carbonyl (C=O) groups is 1. The average Bonchev–Trinajstić information content (AvgIpc) is 3.35. The fraction of sp³-hybridized carbons (Fsp3) is 0.485. The average molecular weight is 477 g/mol. The Bertz CT molecular complexity index is 1370. The Morgan fingerprint density at radius 1 is 0.806 bits per heavy atom. The highest BCUT2D eigenvalue weighted by Gasteiger charge is 2.59. The second-order valence-electron chi connectivity index (χ2n) is 12.6.